The summed E-state index contributed by atoms with van der Waals surface area (Å²) in [6.07, 6.45) is 1.60. The van der Waals surface area contributed by atoms with Crippen LogP contribution in [0.25, 0.3) is 0 Å². The summed E-state index contributed by atoms with van der Waals surface area (Å²) in [5.74, 6) is -0.469. The van der Waals surface area contributed by atoms with Crippen LogP contribution in [0.1, 0.15) is 12.0 Å². The van der Waals surface area contributed by atoms with Crippen LogP contribution in [0.2, 0.25) is 0 Å². The molecule has 0 radical (unpaired) electrons. The highest BCUT2D eigenvalue weighted by Gasteiger charge is 2.14. The normalized spacial score (nSPS) is 12.3. The van der Waals surface area contributed by atoms with Crippen LogP contribution in [-0.4, -0.2) is 19.6 Å². The maximum Gasteiger partial charge on any atom is 0.222 e. The lowest BCUT2D eigenvalue weighted by atomic mass is 10.00. The van der Waals surface area contributed by atoms with Gasteiger partial charge in [-0.05, 0) is 18.4 Å². The first kappa shape index (κ1) is 11.7. The van der Waals surface area contributed by atoms with E-state index in [0.29, 0.717) is 6.61 Å². The molecule has 0 aliphatic rings. The van der Waals surface area contributed by atoms with Crippen LogP contribution in [0.5, 0.6) is 0 Å². The Morgan fingerprint density at radius 1 is 1.40 bits per heavy atom. The number of hydrogen-bond donors (Lipinski definition) is 1. The number of aryl methyl sites for hydroxylation is 1. The van der Waals surface area contributed by atoms with Gasteiger partial charge in [-0.2, -0.15) is 0 Å². The van der Waals surface area contributed by atoms with E-state index in [1.807, 2.05) is 30.3 Å². The van der Waals surface area contributed by atoms with E-state index in [4.69, 9.17) is 10.5 Å². The lowest BCUT2D eigenvalue weighted by molar-refractivity contribution is -0.123. The number of rotatable bonds is 6. The number of methoxy groups -OCH3 is 1. The van der Waals surface area contributed by atoms with E-state index in [1.165, 1.54) is 5.56 Å². The second-order valence-corrected chi connectivity index (χ2v) is 3.58. The van der Waals surface area contributed by atoms with Crippen LogP contribution >= 0.6 is 0 Å². The summed E-state index contributed by atoms with van der Waals surface area (Å²) in [6.45, 7) is 0.405. The van der Waals surface area contributed by atoms with Crippen molar-refractivity contribution < 1.29 is 9.53 Å². The smallest absolute Gasteiger partial charge is 0.222 e. The van der Waals surface area contributed by atoms with E-state index in [0.717, 1.165) is 12.8 Å². The van der Waals surface area contributed by atoms with Crippen molar-refractivity contribution in [2.45, 2.75) is 12.8 Å². The predicted molar refractivity (Wildman–Crippen MR) is 59.3 cm³/mol. The molecule has 0 aromatic heterocycles. The summed E-state index contributed by atoms with van der Waals surface area (Å²) in [6, 6.07) is 10.1. The van der Waals surface area contributed by atoms with Crippen molar-refractivity contribution >= 4 is 5.91 Å². The van der Waals surface area contributed by atoms with Gasteiger partial charge in [0.25, 0.3) is 0 Å². The number of amides is 1. The Kier molecular flexibility index (Phi) is 4.84. The van der Waals surface area contributed by atoms with Gasteiger partial charge in [-0.3, -0.25) is 4.79 Å². The summed E-state index contributed by atoms with van der Waals surface area (Å²) in [4.78, 5) is 11.1. The molecule has 0 saturated heterocycles. The quantitative estimate of drug-likeness (QED) is 0.766. The molecule has 0 aliphatic heterocycles. The number of benzene rings is 1. The molecule has 82 valence electrons. The van der Waals surface area contributed by atoms with Crippen LogP contribution < -0.4 is 5.73 Å². The Morgan fingerprint density at radius 3 is 2.60 bits per heavy atom. The fourth-order valence-electron chi connectivity index (χ4n) is 1.49. The van der Waals surface area contributed by atoms with Gasteiger partial charge < -0.3 is 10.5 Å². The maximum atomic E-state index is 11.1. The molecule has 1 aromatic carbocycles. The number of primary amides is 1. The van der Waals surface area contributed by atoms with E-state index < -0.39 is 0 Å². The Morgan fingerprint density at radius 2 is 2.07 bits per heavy atom. The van der Waals surface area contributed by atoms with E-state index >= 15 is 0 Å². The second-order valence-electron chi connectivity index (χ2n) is 3.58. The highest BCUT2D eigenvalue weighted by Crippen LogP contribution is 2.09. The van der Waals surface area contributed by atoms with Crippen LogP contribution in [0.3, 0.4) is 0 Å². The fourth-order valence-corrected chi connectivity index (χ4v) is 1.49. The van der Waals surface area contributed by atoms with Gasteiger partial charge in [0.15, 0.2) is 0 Å². The maximum absolute atomic E-state index is 11.1. The van der Waals surface area contributed by atoms with Gasteiger partial charge in [-0.15, -0.1) is 0 Å². The average Bonchev–Trinajstić information content (AvgIpc) is 2.25. The minimum Gasteiger partial charge on any atom is -0.384 e. The van der Waals surface area contributed by atoms with Crippen molar-refractivity contribution in [3.05, 3.63) is 35.9 Å². The Bertz CT molecular complexity index is 298. The Hall–Kier alpha value is -1.35. The molecule has 2 N–H and O–H groups in total. The number of nitrogens with two attached hydrogens (primary N) is 1. The number of hydrogen-bond acceptors (Lipinski definition) is 2. The van der Waals surface area contributed by atoms with Gasteiger partial charge in [0.05, 0.1) is 12.5 Å². The van der Waals surface area contributed by atoms with Crippen molar-refractivity contribution in [3.8, 4) is 0 Å². The fraction of sp³-hybridized carbons (Fsp3) is 0.417. The summed E-state index contributed by atoms with van der Waals surface area (Å²) in [5.41, 5.74) is 6.49. The molecular formula is C12H17NO2. The first-order valence-electron chi connectivity index (χ1n) is 5.06. The number of carbonyl (C=O) groups is 1. The zero-order valence-corrected chi connectivity index (χ0v) is 8.98. The molecule has 3 nitrogen and oxygen atoms in total. The summed E-state index contributed by atoms with van der Waals surface area (Å²) >= 11 is 0. The molecule has 1 atom stereocenters. The molecule has 0 spiro atoms. The average molecular weight is 207 g/mol. The van der Waals surface area contributed by atoms with Gasteiger partial charge in [0, 0.05) is 7.11 Å². The summed E-state index contributed by atoms with van der Waals surface area (Å²) in [5, 5.41) is 0. The lowest BCUT2D eigenvalue weighted by Crippen LogP contribution is -2.27. The lowest BCUT2D eigenvalue weighted by Gasteiger charge is -2.11. The largest absolute Gasteiger partial charge is 0.384 e. The molecule has 1 unspecified atom stereocenters. The van der Waals surface area contributed by atoms with Gasteiger partial charge in [0.1, 0.15) is 0 Å². The Labute approximate surface area is 90.2 Å². The van der Waals surface area contributed by atoms with E-state index in [9.17, 15) is 4.79 Å². The molecule has 1 amide bonds. The first-order chi connectivity index (χ1) is 7.24. The molecule has 1 aromatic rings. The molecular weight excluding hydrogens is 190 g/mol. The molecule has 15 heavy (non-hydrogen) atoms. The standard InChI is InChI=1S/C12H17NO2/c1-15-9-11(12(13)14)8-7-10-5-3-2-4-6-10/h2-6,11H,7-9H2,1H3,(H2,13,14). The van der Waals surface area contributed by atoms with Crippen LogP contribution in [0.15, 0.2) is 30.3 Å². The molecule has 0 bridgehead atoms. The summed E-state index contributed by atoms with van der Waals surface area (Å²) in [7, 11) is 1.58. The van der Waals surface area contributed by atoms with E-state index in [-0.39, 0.29) is 11.8 Å². The van der Waals surface area contributed by atoms with Crippen LogP contribution in [0.4, 0.5) is 0 Å². The molecule has 3 heteroatoms. The van der Waals surface area contributed by atoms with Crippen molar-refractivity contribution in [2.24, 2.45) is 11.7 Å². The molecule has 0 aliphatic carbocycles. The monoisotopic (exact) mass is 207 g/mol. The molecule has 1 rings (SSSR count). The van der Waals surface area contributed by atoms with E-state index in [2.05, 4.69) is 0 Å². The minimum atomic E-state index is -0.284. The third kappa shape index (κ3) is 4.13. The van der Waals surface area contributed by atoms with Crippen molar-refractivity contribution in [3.63, 3.8) is 0 Å². The number of carbonyl (C=O) groups excluding carboxylic acids is 1. The van der Waals surface area contributed by atoms with Gasteiger partial charge >= 0.3 is 0 Å². The third-order valence-corrected chi connectivity index (χ3v) is 2.39. The van der Waals surface area contributed by atoms with Crippen molar-refractivity contribution in [1.29, 1.82) is 0 Å². The van der Waals surface area contributed by atoms with Gasteiger partial charge in [0.2, 0.25) is 5.91 Å². The third-order valence-electron chi connectivity index (χ3n) is 2.39. The SMILES string of the molecule is COCC(CCc1ccccc1)C(N)=O. The highest BCUT2D eigenvalue weighted by atomic mass is 16.5. The molecule has 0 fully saturated rings. The topological polar surface area (TPSA) is 52.3 Å². The zero-order valence-electron chi connectivity index (χ0n) is 8.98. The van der Waals surface area contributed by atoms with Crippen LogP contribution in [-0.2, 0) is 16.0 Å². The molecule has 0 heterocycles. The highest BCUT2D eigenvalue weighted by molar-refractivity contribution is 5.76. The van der Waals surface area contributed by atoms with Crippen molar-refractivity contribution in [1.82, 2.24) is 0 Å². The summed E-state index contributed by atoms with van der Waals surface area (Å²) < 4.78 is 4.95. The van der Waals surface area contributed by atoms with Crippen molar-refractivity contribution in [2.75, 3.05) is 13.7 Å². The number of ether oxygens (including phenoxy) is 1. The van der Waals surface area contributed by atoms with E-state index in [1.54, 1.807) is 7.11 Å². The minimum absolute atomic E-state index is 0.185. The van der Waals surface area contributed by atoms with Gasteiger partial charge in [-0.1, -0.05) is 30.3 Å². The first-order valence-corrected chi connectivity index (χ1v) is 5.06. The van der Waals surface area contributed by atoms with Crippen LogP contribution in [0, 0.1) is 5.92 Å². The Balaban J connectivity index is 2.43. The predicted octanol–water partition coefficient (Wildman–Crippen LogP) is 1.37. The zero-order chi connectivity index (χ0) is 11.1. The molecule has 0 saturated carbocycles. The van der Waals surface area contributed by atoms with Gasteiger partial charge in [-0.25, -0.2) is 0 Å². The second kappa shape index (κ2) is 6.19.